The second-order valence-corrected chi connectivity index (χ2v) is 5.44. The number of hydrogen-bond donors (Lipinski definition) is 1. The number of hydrogen-bond acceptors (Lipinski definition) is 4. The van der Waals surface area contributed by atoms with Gasteiger partial charge in [-0.1, -0.05) is 19.8 Å². The fourth-order valence-electron chi connectivity index (χ4n) is 2.46. The Morgan fingerprint density at radius 1 is 1.33 bits per heavy atom. The maximum Gasteiger partial charge on any atom is 0.123 e. The van der Waals surface area contributed by atoms with Crippen molar-refractivity contribution in [2.75, 3.05) is 6.54 Å². The molecule has 1 aromatic rings. The summed E-state index contributed by atoms with van der Waals surface area (Å²) >= 11 is 1.78. The molecule has 15 heavy (non-hydrogen) atoms. The standard InChI is InChI=1S/C11H19N3S/c1-2-11(6-3-4-7-11)10-14-13-9(15-10)5-8-12/h2-8,12H2,1H3. The third kappa shape index (κ3) is 2.06. The van der Waals surface area contributed by atoms with E-state index in [1.807, 2.05) is 0 Å². The molecule has 3 nitrogen and oxygen atoms in total. The molecule has 0 aromatic carbocycles. The average molecular weight is 225 g/mol. The molecule has 1 heterocycles. The van der Waals surface area contributed by atoms with Gasteiger partial charge in [-0.2, -0.15) is 0 Å². The summed E-state index contributed by atoms with van der Waals surface area (Å²) in [5, 5.41) is 11.0. The lowest BCUT2D eigenvalue weighted by Gasteiger charge is -2.23. The van der Waals surface area contributed by atoms with Gasteiger partial charge >= 0.3 is 0 Å². The summed E-state index contributed by atoms with van der Waals surface area (Å²) in [5.74, 6) is 0. The molecular formula is C11H19N3S. The van der Waals surface area contributed by atoms with E-state index in [0.29, 0.717) is 12.0 Å². The van der Waals surface area contributed by atoms with E-state index < -0.39 is 0 Å². The Balaban J connectivity index is 2.19. The van der Waals surface area contributed by atoms with Crippen LogP contribution >= 0.6 is 11.3 Å². The smallest absolute Gasteiger partial charge is 0.123 e. The van der Waals surface area contributed by atoms with Gasteiger partial charge in [0.05, 0.1) is 0 Å². The summed E-state index contributed by atoms with van der Waals surface area (Å²) in [5.41, 5.74) is 5.88. The molecule has 0 saturated heterocycles. The topological polar surface area (TPSA) is 51.8 Å². The number of rotatable bonds is 4. The van der Waals surface area contributed by atoms with Crippen molar-refractivity contribution in [3.05, 3.63) is 10.0 Å². The molecule has 1 saturated carbocycles. The number of nitrogens with zero attached hydrogens (tertiary/aromatic N) is 2. The molecule has 1 fully saturated rings. The Hall–Kier alpha value is -0.480. The van der Waals surface area contributed by atoms with Crippen molar-refractivity contribution < 1.29 is 0 Å². The lowest BCUT2D eigenvalue weighted by atomic mass is 9.84. The van der Waals surface area contributed by atoms with Gasteiger partial charge in [0, 0.05) is 11.8 Å². The molecule has 1 aliphatic rings. The van der Waals surface area contributed by atoms with Crippen LogP contribution in [0.2, 0.25) is 0 Å². The molecular weight excluding hydrogens is 206 g/mol. The second-order valence-electron chi connectivity index (χ2n) is 4.38. The summed E-state index contributed by atoms with van der Waals surface area (Å²) in [4.78, 5) is 0. The first-order valence-corrected chi connectivity index (χ1v) is 6.65. The van der Waals surface area contributed by atoms with Gasteiger partial charge in [0.2, 0.25) is 0 Å². The Labute approximate surface area is 95.1 Å². The van der Waals surface area contributed by atoms with Gasteiger partial charge < -0.3 is 5.73 Å². The van der Waals surface area contributed by atoms with Gasteiger partial charge in [-0.15, -0.1) is 21.5 Å². The monoisotopic (exact) mass is 225 g/mol. The van der Waals surface area contributed by atoms with E-state index in [4.69, 9.17) is 5.73 Å². The molecule has 1 aromatic heterocycles. The summed E-state index contributed by atoms with van der Waals surface area (Å²) in [6.07, 6.45) is 7.35. The first kappa shape index (κ1) is 11.0. The molecule has 84 valence electrons. The van der Waals surface area contributed by atoms with Crippen molar-refractivity contribution in [3.8, 4) is 0 Å². The summed E-state index contributed by atoms with van der Waals surface area (Å²) < 4.78 is 0. The summed E-state index contributed by atoms with van der Waals surface area (Å²) in [6.45, 7) is 2.95. The molecule has 4 heteroatoms. The summed E-state index contributed by atoms with van der Waals surface area (Å²) in [6, 6.07) is 0. The lowest BCUT2D eigenvalue weighted by molar-refractivity contribution is 0.419. The molecule has 1 aliphatic carbocycles. The van der Waals surface area contributed by atoms with E-state index in [-0.39, 0.29) is 0 Å². The zero-order chi connectivity index (χ0) is 10.7. The molecule has 0 aliphatic heterocycles. The number of aromatic nitrogens is 2. The van der Waals surface area contributed by atoms with Crippen LogP contribution in [0.3, 0.4) is 0 Å². The highest BCUT2D eigenvalue weighted by Crippen LogP contribution is 2.44. The lowest BCUT2D eigenvalue weighted by Crippen LogP contribution is -2.20. The van der Waals surface area contributed by atoms with Crippen LogP contribution in [0.5, 0.6) is 0 Å². The Bertz CT molecular complexity index is 315. The van der Waals surface area contributed by atoms with Crippen molar-refractivity contribution in [2.24, 2.45) is 5.73 Å². The van der Waals surface area contributed by atoms with Gasteiger partial charge in [-0.25, -0.2) is 0 Å². The highest BCUT2D eigenvalue weighted by molar-refractivity contribution is 7.11. The van der Waals surface area contributed by atoms with Crippen molar-refractivity contribution in [1.82, 2.24) is 10.2 Å². The normalized spacial score (nSPS) is 19.6. The Morgan fingerprint density at radius 3 is 2.67 bits per heavy atom. The van der Waals surface area contributed by atoms with E-state index in [1.54, 1.807) is 11.3 Å². The van der Waals surface area contributed by atoms with Crippen LogP contribution in [-0.2, 0) is 11.8 Å². The SMILES string of the molecule is CCC1(c2nnc(CCN)s2)CCCC1. The van der Waals surface area contributed by atoms with Crippen LogP contribution in [0.15, 0.2) is 0 Å². The molecule has 0 spiro atoms. The molecule has 0 amide bonds. The molecule has 2 rings (SSSR count). The van der Waals surface area contributed by atoms with E-state index in [1.165, 1.54) is 37.1 Å². The maximum absolute atomic E-state index is 5.53. The van der Waals surface area contributed by atoms with Crippen molar-refractivity contribution in [1.29, 1.82) is 0 Å². The fourth-order valence-corrected chi connectivity index (χ4v) is 3.63. The van der Waals surface area contributed by atoms with Gasteiger partial charge in [0.15, 0.2) is 0 Å². The third-order valence-electron chi connectivity index (χ3n) is 3.52. The van der Waals surface area contributed by atoms with Gasteiger partial charge in [0.1, 0.15) is 10.0 Å². The average Bonchev–Trinajstić information content (AvgIpc) is 2.86. The van der Waals surface area contributed by atoms with E-state index in [9.17, 15) is 0 Å². The van der Waals surface area contributed by atoms with Gasteiger partial charge in [-0.3, -0.25) is 0 Å². The Kier molecular flexibility index (Phi) is 3.36. The zero-order valence-electron chi connectivity index (χ0n) is 9.33. The summed E-state index contributed by atoms with van der Waals surface area (Å²) in [7, 11) is 0. The maximum atomic E-state index is 5.53. The van der Waals surface area contributed by atoms with Gasteiger partial charge in [0.25, 0.3) is 0 Å². The van der Waals surface area contributed by atoms with Gasteiger partial charge in [-0.05, 0) is 25.8 Å². The molecule has 0 unspecified atom stereocenters. The quantitative estimate of drug-likeness (QED) is 0.855. The number of nitrogens with two attached hydrogens (primary N) is 1. The van der Waals surface area contributed by atoms with E-state index >= 15 is 0 Å². The first-order valence-electron chi connectivity index (χ1n) is 5.84. The largest absolute Gasteiger partial charge is 0.330 e. The molecule has 0 atom stereocenters. The fraction of sp³-hybridized carbons (Fsp3) is 0.818. The predicted octanol–water partition coefficient (Wildman–Crippen LogP) is 2.26. The van der Waals surface area contributed by atoms with E-state index in [2.05, 4.69) is 17.1 Å². The minimum absolute atomic E-state index is 0.352. The first-order chi connectivity index (χ1) is 7.30. The van der Waals surface area contributed by atoms with E-state index in [0.717, 1.165) is 11.4 Å². The van der Waals surface area contributed by atoms with Crippen LogP contribution < -0.4 is 5.73 Å². The van der Waals surface area contributed by atoms with Crippen molar-refractivity contribution in [2.45, 2.75) is 50.9 Å². The highest BCUT2D eigenvalue weighted by atomic mass is 32.1. The van der Waals surface area contributed by atoms with Crippen LogP contribution in [-0.4, -0.2) is 16.7 Å². The predicted molar refractivity (Wildman–Crippen MR) is 63.1 cm³/mol. The second kappa shape index (κ2) is 4.58. The zero-order valence-corrected chi connectivity index (χ0v) is 10.1. The highest BCUT2D eigenvalue weighted by Gasteiger charge is 2.36. The van der Waals surface area contributed by atoms with Crippen LogP contribution in [0.4, 0.5) is 0 Å². The Morgan fingerprint density at radius 2 is 2.07 bits per heavy atom. The molecule has 0 bridgehead atoms. The van der Waals surface area contributed by atoms with Crippen LogP contribution in [0, 0.1) is 0 Å². The molecule has 0 radical (unpaired) electrons. The van der Waals surface area contributed by atoms with Crippen LogP contribution in [0.25, 0.3) is 0 Å². The minimum Gasteiger partial charge on any atom is -0.330 e. The van der Waals surface area contributed by atoms with Crippen molar-refractivity contribution in [3.63, 3.8) is 0 Å². The minimum atomic E-state index is 0.352. The molecule has 2 N–H and O–H groups in total. The van der Waals surface area contributed by atoms with Crippen molar-refractivity contribution >= 4 is 11.3 Å². The third-order valence-corrected chi connectivity index (χ3v) is 4.75. The van der Waals surface area contributed by atoms with Crippen LogP contribution in [0.1, 0.15) is 49.0 Å².